The summed E-state index contributed by atoms with van der Waals surface area (Å²) in [6.45, 7) is 0.723. The third-order valence-electron chi connectivity index (χ3n) is 2.25. The van der Waals surface area contributed by atoms with Gasteiger partial charge in [0.25, 0.3) is 0 Å². The van der Waals surface area contributed by atoms with E-state index in [9.17, 15) is 0 Å². The molecule has 0 spiro atoms. The first-order valence-electron chi connectivity index (χ1n) is 5.15. The molecular formula is C12H15N3O. The number of hydrogen-bond donors (Lipinski definition) is 1. The zero-order valence-corrected chi connectivity index (χ0v) is 9.47. The highest BCUT2D eigenvalue weighted by Gasteiger charge is 1.99. The molecule has 1 N–H and O–H groups in total. The number of anilines is 2. The first-order valence-corrected chi connectivity index (χ1v) is 5.15. The van der Waals surface area contributed by atoms with Crippen LogP contribution < -0.4 is 10.2 Å². The van der Waals surface area contributed by atoms with Crippen LogP contribution in [-0.2, 0) is 6.54 Å². The zero-order chi connectivity index (χ0) is 11.4. The smallest absolute Gasteiger partial charge is 0.130 e. The normalized spacial score (nSPS) is 10.1. The Morgan fingerprint density at radius 3 is 2.88 bits per heavy atom. The molecule has 4 heteroatoms. The van der Waals surface area contributed by atoms with Gasteiger partial charge in [0.1, 0.15) is 11.6 Å². The van der Waals surface area contributed by atoms with Crippen molar-refractivity contribution in [1.29, 1.82) is 0 Å². The van der Waals surface area contributed by atoms with Gasteiger partial charge in [-0.05, 0) is 18.2 Å². The van der Waals surface area contributed by atoms with E-state index in [-0.39, 0.29) is 0 Å². The van der Waals surface area contributed by atoms with E-state index in [2.05, 4.69) is 10.3 Å². The van der Waals surface area contributed by atoms with Crippen LogP contribution in [-0.4, -0.2) is 19.1 Å². The van der Waals surface area contributed by atoms with Gasteiger partial charge in [-0.3, -0.25) is 0 Å². The summed E-state index contributed by atoms with van der Waals surface area (Å²) in [6, 6.07) is 7.85. The molecule has 4 nitrogen and oxygen atoms in total. The van der Waals surface area contributed by atoms with Gasteiger partial charge >= 0.3 is 0 Å². The third kappa shape index (κ3) is 2.53. The largest absolute Gasteiger partial charge is 0.472 e. The Hall–Kier alpha value is -1.97. The van der Waals surface area contributed by atoms with E-state index in [4.69, 9.17) is 4.42 Å². The number of furan rings is 1. The van der Waals surface area contributed by atoms with Crippen LogP contribution in [0.5, 0.6) is 0 Å². The van der Waals surface area contributed by atoms with Gasteiger partial charge in [0.05, 0.1) is 12.5 Å². The number of aromatic nitrogens is 1. The van der Waals surface area contributed by atoms with E-state index in [1.807, 2.05) is 43.3 Å². The Balaban J connectivity index is 2.01. The molecule has 0 unspecified atom stereocenters. The second-order valence-electron chi connectivity index (χ2n) is 3.76. The number of nitrogens with one attached hydrogen (secondary N) is 1. The number of pyridine rings is 1. The molecule has 0 aliphatic carbocycles. The highest BCUT2D eigenvalue weighted by atomic mass is 16.3. The molecule has 0 aliphatic heterocycles. The van der Waals surface area contributed by atoms with Crippen molar-refractivity contribution in [2.45, 2.75) is 6.54 Å². The van der Waals surface area contributed by atoms with Crippen LogP contribution in [0, 0.1) is 0 Å². The number of rotatable bonds is 4. The van der Waals surface area contributed by atoms with Crippen molar-refractivity contribution in [2.75, 3.05) is 24.3 Å². The summed E-state index contributed by atoms with van der Waals surface area (Å²) in [6.07, 6.45) is 3.39. The van der Waals surface area contributed by atoms with Crippen molar-refractivity contribution in [2.24, 2.45) is 0 Å². The van der Waals surface area contributed by atoms with Gasteiger partial charge in [0, 0.05) is 26.2 Å². The maximum Gasteiger partial charge on any atom is 0.130 e. The average Bonchev–Trinajstić information content (AvgIpc) is 2.79. The predicted molar refractivity (Wildman–Crippen MR) is 64.6 cm³/mol. The van der Waals surface area contributed by atoms with Crippen molar-refractivity contribution in [3.8, 4) is 0 Å². The summed E-state index contributed by atoms with van der Waals surface area (Å²) >= 11 is 0. The maximum absolute atomic E-state index is 5.00. The Kier molecular flexibility index (Phi) is 3.10. The molecule has 0 bridgehead atoms. The zero-order valence-electron chi connectivity index (χ0n) is 9.47. The lowest BCUT2D eigenvalue weighted by atomic mass is 10.3. The Labute approximate surface area is 94.9 Å². The molecule has 0 atom stereocenters. The molecule has 0 aliphatic rings. The van der Waals surface area contributed by atoms with Crippen molar-refractivity contribution >= 4 is 11.6 Å². The molecule has 2 aromatic rings. The molecule has 0 fully saturated rings. The van der Waals surface area contributed by atoms with E-state index in [1.54, 1.807) is 12.5 Å². The molecule has 2 aromatic heterocycles. The molecule has 0 saturated carbocycles. The molecule has 2 rings (SSSR count). The van der Waals surface area contributed by atoms with Crippen molar-refractivity contribution < 1.29 is 4.42 Å². The summed E-state index contributed by atoms with van der Waals surface area (Å²) in [5, 5.41) is 3.24. The van der Waals surface area contributed by atoms with Crippen LogP contribution >= 0.6 is 0 Å². The predicted octanol–water partition coefficient (Wildman–Crippen LogP) is 2.35. The first-order chi connectivity index (χ1) is 7.75. The summed E-state index contributed by atoms with van der Waals surface area (Å²) in [7, 11) is 3.95. The second kappa shape index (κ2) is 4.70. The fourth-order valence-corrected chi connectivity index (χ4v) is 1.36. The van der Waals surface area contributed by atoms with Crippen LogP contribution in [0.1, 0.15) is 5.56 Å². The van der Waals surface area contributed by atoms with Gasteiger partial charge < -0.3 is 14.6 Å². The second-order valence-corrected chi connectivity index (χ2v) is 3.76. The van der Waals surface area contributed by atoms with Gasteiger partial charge in [-0.25, -0.2) is 4.98 Å². The topological polar surface area (TPSA) is 41.3 Å². The van der Waals surface area contributed by atoms with Crippen LogP contribution in [0.4, 0.5) is 11.6 Å². The summed E-state index contributed by atoms with van der Waals surface area (Å²) in [5.41, 5.74) is 1.11. The minimum absolute atomic E-state index is 0.723. The van der Waals surface area contributed by atoms with E-state index < -0.39 is 0 Å². The average molecular weight is 217 g/mol. The first kappa shape index (κ1) is 10.5. The number of nitrogens with zero attached hydrogens (tertiary/aromatic N) is 2. The Morgan fingerprint density at radius 2 is 2.19 bits per heavy atom. The van der Waals surface area contributed by atoms with Crippen LogP contribution in [0.15, 0.2) is 41.2 Å². The van der Waals surface area contributed by atoms with E-state index >= 15 is 0 Å². The molecule has 0 radical (unpaired) electrons. The molecule has 0 aromatic carbocycles. The Morgan fingerprint density at radius 1 is 1.31 bits per heavy atom. The minimum atomic E-state index is 0.723. The quantitative estimate of drug-likeness (QED) is 0.853. The molecule has 84 valence electrons. The van der Waals surface area contributed by atoms with Gasteiger partial charge in [0.2, 0.25) is 0 Å². The van der Waals surface area contributed by atoms with E-state index in [1.165, 1.54) is 0 Å². The summed E-state index contributed by atoms with van der Waals surface area (Å²) in [4.78, 5) is 6.43. The maximum atomic E-state index is 5.00. The molecule has 0 amide bonds. The lowest BCUT2D eigenvalue weighted by Crippen LogP contribution is -2.11. The van der Waals surface area contributed by atoms with E-state index in [0.717, 1.165) is 23.7 Å². The monoisotopic (exact) mass is 217 g/mol. The highest BCUT2D eigenvalue weighted by molar-refractivity contribution is 5.46. The van der Waals surface area contributed by atoms with Crippen molar-refractivity contribution in [3.63, 3.8) is 0 Å². The van der Waals surface area contributed by atoms with Crippen molar-refractivity contribution in [3.05, 3.63) is 42.4 Å². The standard InChI is InChI=1S/C12H15N3O/c1-15(2)12-5-3-4-11(14-12)13-8-10-6-7-16-9-10/h3-7,9H,8H2,1-2H3,(H,13,14). The third-order valence-corrected chi connectivity index (χ3v) is 2.25. The summed E-state index contributed by atoms with van der Waals surface area (Å²) < 4.78 is 5.00. The fraction of sp³-hybridized carbons (Fsp3) is 0.250. The molecule has 0 saturated heterocycles. The van der Waals surface area contributed by atoms with E-state index in [0.29, 0.717) is 0 Å². The fourth-order valence-electron chi connectivity index (χ4n) is 1.36. The van der Waals surface area contributed by atoms with Crippen LogP contribution in [0.2, 0.25) is 0 Å². The Bertz CT molecular complexity index is 437. The summed E-state index contributed by atoms with van der Waals surface area (Å²) in [5.74, 6) is 1.81. The highest BCUT2D eigenvalue weighted by Crippen LogP contribution is 2.12. The van der Waals surface area contributed by atoms with Gasteiger partial charge in [-0.2, -0.15) is 0 Å². The minimum Gasteiger partial charge on any atom is -0.472 e. The lowest BCUT2D eigenvalue weighted by molar-refractivity contribution is 0.564. The lowest BCUT2D eigenvalue weighted by Gasteiger charge is -2.12. The molecule has 2 heterocycles. The SMILES string of the molecule is CN(C)c1cccc(NCc2ccoc2)n1. The van der Waals surface area contributed by atoms with Gasteiger partial charge in [-0.1, -0.05) is 6.07 Å². The molecular weight excluding hydrogens is 202 g/mol. The number of hydrogen-bond acceptors (Lipinski definition) is 4. The van der Waals surface area contributed by atoms with Crippen molar-refractivity contribution in [1.82, 2.24) is 4.98 Å². The van der Waals surface area contributed by atoms with Gasteiger partial charge in [-0.15, -0.1) is 0 Å². The molecule has 16 heavy (non-hydrogen) atoms. The van der Waals surface area contributed by atoms with Gasteiger partial charge in [0.15, 0.2) is 0 Å². The van der Waals surface area contributed by atoms with Crippen LogP contribution in [0.25, 0.3) is 0 Å². The van der Waals surface area contributed by atoms with Crippen LogP contribution in [0.3, 0.4) is 0 Å².